The number of nitrogens with one attached hydrogen (secondary N) is 1. The summed E-state index contributed by atoms with van der Waals surface area (Å²) in [5, 5.41) is 5.49. The number of amides is 1. The Labute approximate surface area is 149 Å². The van der Waals surface area contributed by atoms with Crippen molar-refractivity contribution in [1.29, 1.82) is 0 Å². The van der Waals surface area contributed by atoms with Gasteiger partial charge in [-0.15, -0.1) is 11.3 Å². The Balaban J connectivity index is 1.29. The van der Waals surface area contributed by atoms with Gasteiger partial charge < -0.3 is 10.1 Å². The second kappa shape index (κ2) is 7.09. The van der Waals surface area contributed by atoms with Crippen molar-refractivity contribution >= 4 is 17.4 Å². The number of alkyl carbamates (subject to hydrolysis) is 1. The first-order valence-electron chi connectivity index (χ1n) is 8.54. The molecule has 0 radical (unpaired) electrons. The molecule has 0 aliphatic carbocycles. The van der Waals surface area contributed by atoms with Gasteiger partial charge in [0, 0.05) is 17.5 Å². The Hall–Kier alpha value is -1.99. The van der Waals surface area contributed by atoms with Gasteiger partial charge in [0.2, 0.25) is 0 Å². The lowest BCUT2D eigenvalue weighted by molar-refractivity contribution is -0.0332. The molecular formula is C18H20FN3O2S. The minimum absolute atomic E-state index is 0.00714. The highest BCUT2D eigenvalue weighted by atomic mass is 32.1. The topological polar surface area (TPSA) is 54.5 Å². The standard InChI is InChI=1S/C18H20FN3O2S/c19-14-3-1-13(2-4-14)17-21-15(11-25-17)9-20-18(23)24-16-10-22-7-5-12(16)6-8-22/h1-4,11-12,16H,5-10H2,(H,20,23)/t16-/m1/s1. The third kappa shape index (κ3) is 3.82. The van der Waals surface area contributed by atoms with Crippen molar-refractivity contribution in [2.24, 2.45) is 5.92 Å². The molecule has 1 amide bonds. The average Bonchev–Trinajstić information content (AvgIpc) is 3.11. The van der Waals surface area contributed by atoms with Crippen molar-refractivity contribution < 1.29 is 13.9 Å². The number of nitrogens with zero attached hydrogens (tertiary/aromatic N) is 2. The third-order valence-corrected chi connectivity index (χ3v) is 5.85. The molecular weight excluding hydrogens is 341 g/mol. The molecule has 25 heavy (non-hydrogen) atoms. The second-order valence-electron chi connectivity index (χ2n) is 6.59. The molecule has 1 N–H and O–H groups in total. The molecule has 0 saturated carbocycles. The number of aromatic nitrogens is 1. The summed E-state index contributed by atoms with van der Waals surface area (Å²) in [4.78, 5) is 18.9. The van der Waals surface area contributed by atoms with Crippen LogP contribution in [0.15, 0.2) is 29.6 Å². The normalized spacial score (nSPS) is 24.9. The monoisotopic (exact) mass is 361 g/mol. The Morgan fingerprint density at radius 2 is 2.08 bits per heavy atom. The zero-order valence-corrected chi connectivity index (χ0v) is 14.6. The van der Waals surface area contributed by atoms with E-state index in [1.807, 2.05) is 5.38 Å². The lowest BCUT2D eigenvalue weighted by Gasteiger charge is -2.43. The van der Waals surface area contributed by atoms with E-state index in [4.69, 9.17) is 4.74 Å². The maximum atomic E-state index is 13.0. The van der Waals surface area contributed by atoms with Crippen molar-refractivity contribution in [1.82, 2.24) is 15.2 Å². The van der Waals surface area contributed by atoms with E-state index in [1.165, 1.54) is 23.5 Å². The zero-order valence-electron chi connectivity index (χ0n) is 13.8. The molecule has 1 aromatic carbocycles. The summed E-state index contributed by atoms with van der Waals surface area (Å²) >= 11 is 1.47. The molecule has 3 fully saturated rings. The number of carbonyl (C=O) groups excluding carboxylic acids is 1. The molecule has 3 aliphatic heterocycles. The minimum atomic E-state index is -0.380. The van der Waals surface area contributed by atoms with Crippen LogP contribution in [0.2, 0.25) is 0 Å². The summed E-state index contributed by atoms with van der Waals surface area (Å²) in [6.07, 6.45) is 1.86. The highest BCUT2D eigenvalue weighted by Crippen LogP contribution is 2.29. The van der Waals surface area contributed by atoms with Gasteiger partial charge in [-0.1, -0.05) is 0 Å². The van der Waals surface area contributed by atoms with E-state index in [2.05, 4.69) is 15.2 Å². The average molecular weight is 361 g/mol. The van der Waals surface area contributed by atoms with Gasteiger partial charge in [0.1, 0.15) is 16.9 Å². The van der Waals surface area contributed by atoms with Gasteiger partial charge in [-0.3, -0.25) is 4.90 Å². The first-order chi connectivity index (χ1) is 12.2. The van der Waals surface area contributed by atoms with Crippen molar-refractivity contribution in [3.05, 3.63) is 41.2 Å². The maximum Gasteiger partial charge on any atom is 0.407 e. The number of piperidine rings is 3. The van der Waals surface area contributed by atoms with Crippen LogP contribution in [0.4, 0.5) is 9.18 Å². The van der Waals surface area contributed by atoms with Gasteiger partial charge in [0.05, 0.1) is 12.2 Å². The number of thiazole rings is 1. The van der Waals surface area contributed by atoms with Crippen molar-refractivity contribution in [3.8, 4) is 10.6 Å². The molecule has 2 bridgehead atoms. The molecule has 7 heteroatoms. The van der Waals surface area contributed by atoms with Crippen molar-refractivity contribution in [2.75, 3.05) is 19.6 Å². The largest absolute Gasteiger partial charge is 0.445 e. The maximum absolute atomic E-state index is 13.0. The van der Waals surface area contributed by atoms with Crippen LogP contribution >= 0.6 is 11.3 Å². The third-order valence-electron chi connectivity index (χ3n) is 4.91. The number of benzene rings is 1. The molecule has 4 heterocycles. The van der Waals surface area contributed by atoms with Crippen molar-refractivity contribution in [3.63, 3.8) is 0 Å². The summed E-state index contributed by atoms with van der Waals surface area (Å²) in [6.45, 7) is 3.43. The van der Waals surface area contributed by atoms with Crippen LogP contribution in [-0.2, 0) is 11.3 Å². The SMILES string of the molecule is O=C(NCc1csc(-c2ccc(F)cc2)n1)O[C@@H]1CN2CCC1CC2. The molecule has 2 aromatic rings. The smallest absolute Gasteiger partial charge is 0.407 e. The quantitative estimate of drug-likeness (QED) is 0.908. The first kappa shape index (κ1) is 16.5. The summed E-state index contributed by atoms with van der Waals surface area (Å²) in [5.41, 5.74) is 1.64. The lowest BCUT2D eigenvalue weighted by atomic mass is 9.86. The van der Waals surface area contributed by atoms with Crippen LogP contribution in [0, 0.1) is 11.7 Å². The fourth-order valence-electron chi connectivity index (χ4n) is 3.50. The van der Waals surface area contributed by atoms with E-state index in [0.717, 1.165) is 48.7 Å². The number of halogens is 1. The minimum Gasteiger partial charge on any atom is -0.445 e. The molecule has 3 saturated heterocycles. The van der Waals surface area contributed by atoms with E-state index >= 15 is 0 Å². The molecule has 1 atom stereocenters. The fourth-order valence-corrected chi connectivity index (χ4v) is 4.33. The molecule has 0 unspecified atom stereocenters. The van der Waals surface area contributed by atoms with Crippen LogP contribution in [0.1, 0.15) is 18.5 Å². The summed E-state index contributed by atoms with van der Waals surface area (Å²) < 4.78 is 18.6. The van der Waals surface area contributed by atoms with Gasteiger partial charge in [-0.05, 0) is 56.1 Å². The molecule has 5 rings (SSSR count). The van der Waals surface area contributed by atoms with Gasteiger partial charge in [-0.25, -0.2) is 14.2 Å². The van der Waals surface area contributed by atoms with E-state index in [9.17, 15) is 9.18 Å². The van der Waals surface area contributed by atoms with E-state index in [0.29, 0.717) is 12.5 Å². The molecule has 132 valence electrons. The van der Waals surface area contributed by atoms with Gasteiger partial charge >= 0.3 is 6.09 Å². The van der Waals surface area contributed by atoms with E-state index in [-0.39, 0.29) is 18.0 Å². The lowest BCUT2D eigenvalue weighted by Crippen LogP contribution is -2.52. The van der Waals surface area contributed by atoms with Gasteiger partial charge in [0.15, 0.2) is 0 Å². The summed E-state index contributed by atoms with van der Waals surface area (Å²) in [6, 6.07) is 6.24. The Morgan fingerprint density at radius 3 is 2.76 bits per heavy atom. The second-order valence-corrected chi connectivity index (χ2v) is 7.44. The summed E-state index contributed by atoms with van der Waals surface area (Å²) in [5.74, 6) is 0.234. The fraction of sp³-hybridized carbons (Fsp3) is 0.444. The van der Waals surface area contributed by atoms with Crippen LogP contribution in [0.5, 0.6) is 0 Å². The van der Waals surface area contributed by atoms with E-state index < -0.39 is 0 Å². The molecule has 3 aliphatic rings. The summed E-state index contributed by atoms with van der Waals surface area (Å²) in [7, 11) is 0. The van der Waals surface area contributed by atoms with Crippen molar-refractivity contribution in [2.45, 2.75) is 25.5 Å². The van der Waals surface area contributed by atoms with Crippen LogP contribution in [-0.4, -0.2) is 41.7 Å². The molecule has 1 aromatic heterocycles. The number of hydrogen-bond donors (Lipinski definition) is 1. The Kier molecular flexibility index (Phi) is 4.67. The first-order valence-corrected chi connectivity index (χ1v) is 9.42. The van der Waals surface area contributed by atoms with Gasteiger partial charge in [-0.2, -0.15) is 0 Å². The van der Waals surface area contributed by atoms with E-state index in [1.54, 1.807) is 12.1 Å². The number of hydrogen-bond acceptors (Lipinski definition) is 5. The number of ether oxygens (including phenoxy) is 1. The predicted octanol–water partition coefficient (Wildman–Crippen LogP) is 3.27. The highest BCUT2D eigenvalue weighted by Gasteiger charge is 2.36. The van der Waals surface area contributed by atoms with Crippen LogP contribution in [0.3, 0.4) is 0 Å². The molecule has 5 nitrogen and oxygen atoms in total. The molecule has 0 spiro atoms. The number of rotatable bonds is 4. The zero-order chi connectivity index (χ0) is 17.2. The number of carbonyl (C=O) groups is 1. The predicted molar refractivity (Wildman–Crippen MR) is 93.8 cm³/mol. The van der Waals surface area contributed by atoms with Crippen LogP contribution in [0.25, 0.3) is 10.6 Å². The van der Waals surface area contributed by atoms with Gasteiger partial charge in [0.25, 0.3) is 0 Å². The Morgan fingerprint density at radius 1 is 1.32 bits per heavy atom. The highest BCUT2D eigenvalue weighted by molar-refractivity contribution is 7.13. The van der Waals surface area contributed by atoms with Crippen LogP contribution < -0.4 is 5.32 Å². The Bertz CT molecular complexity index is 741. The number of fused-ring (bicyclic) bond motifs is 3.